The minimum atomic E-state index is -0.442. The number of hydrogen-bond donors (Lipinski definition) is 1. The Morgan fingerprint density at radius 3 is 2.94 bits per heavy atom. The van der Waals surface area contributed by atoms with Gasteiger partial charge in [0.15, 0.2) is 5.78 Å². The summed E-state index contributed by atoms with van der Waals surface area (Å²) >= 11 is 0. The number of carbonyl (C=O) groups excluding carboxylic acids is 2. The Labute approximate surface area is 102 Å². The summed E-state index contributed by atoms with van der Waals surface area (Å²) in [6.45, 7) is 8.22. The quantitative estimate of drug-likeness (QED) is 0.763. The second kappa shape index (κ2) is 6.23. The zero-order chi connectivity index (χ0) is 12.8. The van der Waals surface area contributed by atoms with E-state index >= 15 is 0 Å². The summed E-state index contributed by atoms with van der Waals surface area (Å²) in [5.41, 5.74) is 1.70. The lowest BCUT2D eigenvalue weighted by Crippen LogP contribution is -2.29. The number of ether oxygens (including phenoxy) is 1. The number of hydrogen-bond acceptors (Lipinski definition) is 3. The number of nitrogens with one attached hydrogen (secondary N) is 1. The number of ketones is 1. The third-order valence-electron chi connectivity index (χ3n) is 2.89. The van der Waals surface area contributed by atoms with Crippen molar-refractivity contribution in [1.82, 2.24) is 5.32 Å². The third-order valence-corrected chi connectivity index (χ3v) is 2.89. The Kier molecular flexibility index (Phi) is 4.94. The molecule has 0 saturated carbocycles. The van der Waals surface area contributed by atoms with E-state index in [0.29, 0.717) is 19.6 Å². The average molecular weight is 237 g/mol. The minimum absolute atomic E-state index is 0.133. The van der Waals surface area contributed by atoms with Gasteiger partial charge in [0.2, 0.25) is 0 Å². The van der Waals surface area contributed by atoms with Gasteiger partial charge in [0.1, 0.15) is 0 Å². The fraction of sp³-hybridized carbons (Fsp3) is 0.538. The molecular formula is C13H19NO3. The number of rotatable bonds is 4. The van der Waals surface area contributed by atoms with Gasteiger partial charge in [-0.15, -0.1) is 0 Å². The van der Waals surface area contributed by atoms with Crippen molar-refractivity contribution >= 4 is 11.9 Å². The molecule has 17 heavy (non-hydrogen) atoms. The largest absolute Gasteiger partial charge is 0.450 e. The monoisotopic (exact) mass is 237 g/mol. The molecule has 1 atom stereocenters. The van der Waals surface area contributed by atoms with Crippen molar-refractivity contribution in [3.05, 3.63) is 23.8 Å². The van der Waals surface area contributed by atoms with Gasteiger partial charge in [-0.3, -0.25) is 4.79 Å². The normalized spacial score (nSPS) is 19.5. The van der Waals surface area contributed by atoms with Crippen LogP contribution in [0.15, 0.2) is 23.8 Å². The molecule has 4 nitrogen and oxygen atoms in total. The van der Waals surface area contributed by atoms with Crippen molar-refractivity contribution < 1.29 is 14.3 Å². The summed E-state index contributed by atoms with van der Waals surface area (Å²) in [7, 11) is 0. The fourth-order valence-corrected chi connectivity index (χ4v) is 1.72. The molecule has 0 aromatic carbocycles. The van der Waals surface area contributed by atoms with Gasteiger partial charge in [0, 0.05) is 13.0 Å². The summed E-state index contributed by atoms with van der Waals surface area (Å²) in [6.07, 6.45) is 2.81. The maximum atomic E-state index is 11.5. The molecule has 4 heteroatoms. The van der Waals surface area contributed by atoms with Crippen LogP contribution in [0.25, 0.3) is 0 Å². The molecule has 0 aromatic heterocycles. The van der Waals surface area contributed by atoms with Gasteiger partial charge in [0.25, 0.3) is 0 Å². The lowest BCUT2D eigenvalue weighted by molar-refractivity contribution is -0.116. The first-order chi connectivity index (χ1) is 8.04. The Morgan fingerprint density at radius 2 is 2.35 bits per heavy atom. The van der Waals surface area contributed by atoms with Gasteiger partial charge in [0.05, 0.1) is 6.61 Å². The first kappa shape index (κ1) is 13.5. The van der Waals surface area contributed by atoms with E-state index < -0.39 is 6.09 Å². The Bertz CT molecular complexity index is 358. The molecule has 0 unspecified atom stereocenters. The van der Waals surface area contributed by atoms with Gasteiger partial charge in [-0.25, -0.2) is 4.79 Å². The molecule has 1 aliphatic carbocycles. The number of alkyl carbamates (subject to hydrolysis) is 1. The van der Waals surface area contributed by atoms with Gasteiger partial charge in [-0.05, 0) is 31.8 Å². The van der Waals surface area contributed by atoms with E-state index in [-0.39, 0.29) is 11.7 Å². The maximum Gasteiger partial charge on any atom is 0.407 e. The van der Waals surface area contributed by atoms with Crippen LogP contribution in [0.5, 0.6) is 0 Å². The summed E-state index contributed by atoms with van der Waals surface area (Å²) in [5.74, 6) is 0.298. The van der Waals surface area contributed by atoms with Crippen LogP contribution in [0.4, 0.5) is 4.79 Å². The van der Waals surface area contributed by atoms with Crippen LogP contribution in [0.3, 0.4) is 0 Å². The van der Waals surface area contributed by atoms with E-state index in [1.54, 1.807) is 6.92 Å². The van der Waals surface area contributed by atoms with E-state index in [1.165, 1.54) is 0 Å². The minimum Gasteiger partial charge on any atom is -0.450 e. The van der Waals surface area contributed by atoms with Crippen LogP contribution < -0.4 is 5.32 Å². The highest BCUT2D eigenvalue weighted by Gasteiger charge is 2.21. The van der Waals surface area contributed by atoms with Crippen LogP contribution in [0.2, 0.25) is 0 Å². The predicted molar refractivity (Wildman–Crippen MR) is 65.7 cm³/mol. The summed E-state index contributed by atoms with van der Waals surface area (Å²) in [6, 6.07) is 0. The molecule has 0 aliphatic heterocycles. The predicted octanol–water partition coefficient (Wildman–Crippen LogP) is 2.21. The number of amides is 1. The molecule has 1 aliphatic rings. The van der Waals surface area contributed by atoms with E-state index in [9.17, 15) is 9.59 Å². The molecular weight excluding hydrogens is 218 g/mol. The summed E-state index contributed by atoms with van der Waals surface area (Å²) < 4.78 is 4.75. The van der Waals surface area contributed by atoms with Gasteiger partial charge >= 0.3 is 6.09 Å². The topological polar surface area (TPSA) is 55.4 Å². The van der Waals surface area contributed by atoms with Crippen LogP contribution in [0.1, 0.15) is 26.7 Å². The maximum absolute atomic E-state index is 11.5. The number of allylic oxidation sites excluding steroid dienone is 2. The molecule has 0 fully saturated rings. The van der Waals surface area contributed by atoms with Crippen molar-refractivity contribution in [2.45, 2.75) is 26.7 Å². The Hall–Kier alpha value is -1.58. The molecule has 0 bridgehead atoms. The fourth-order valence-electron chi connectivity index (χ4n) is 1.72. The molecule has 0 spiro atoms. The summed E-state index contributed by atoms with van der Waals surface area (Å²) in [5, 5.41) is 2.61. The molecule has 94 valence electrons. The zero-order valence-corrected chi connectivity index (χ0v) is 10.4. The smallest absolute Gasteiger partial charge is 0.407 e. The lowest BCUT2D eigenvalue weighted by Gasteiger charge is -2.21. The van der Waals surface area contributed by atoms with Crippen molar-refractivity contribution in [2.75, 3.05) is 13.2 Å². The molecule has 0 saturated heterocycles. The third kappa shape index (κ3) is 4.06. The second-order valence-corrected chi connectivity index (χ2v) is 4.18. The van der Waals surface area contributed by atoms with Crippen LogP contribution in [-0.2, 0) is 9.53 Å². The highest BCUT2D eigenvalue weighted by Crippen LogP contribution is 2.25. The molecule has 1 rings (SSSR count). The molecule has 0 aromatic rings. The molecule has 0 radical (unpaired) electrons. The van der Waals surface area contributed by atoms with E-state index in [1.807, 2.05) is 13.0 Å². The Balaban J connectivity index is 2.39. The first-order valence-corrected chi connectivity index (χ1v) is 5.82. The highest BCUT2D eigenvalue weighted by atomic mass is 16.5. The molecule has 0 heterocycles. The van der Waals surface area contributed by atoms with E-state index in [2.05, 4.69) is 11.9 Å². The van der Waals surface area contributed by atoms with Crippen LogP contribution >= 0.6 is 0 Å². The van der Waals surface area contributed by atoms with Gasteiger partial charge in [-0.2, -0.15) is 0 Å². The van der Waals surface area contributed by atoms with E-state index in [4.69, 9.17) is 4.74 Å². The van der Waals surface area contributed by atoms with E-state index in [0.717, 1.165) is 17.6 Å². The molecule has 1 amide bonds. The Morgan fingerprint density at radius 1 is 1.65 bits per heavy atom. The summed E-state index contributed by atoms with van der Waals surface area (Å²) in [4.78, 5) is 22.6. The van der Waals surface area contributed by atoms with Gasteiger partial charge in [-0.1, -0.05) is 18.2 Å². The van der Waals surface area contributed by atoms with Crippen LogP contribution in [0, 0.1) is 5.92 Å². The number of Topliss-reactive ketones (excluding diaryl/α,β-unsaturated/α-hetero) is 1. The highest BCUT2D eigenvalue weighted by molar-refractivity contribution is 5.95. The van der Waals surface area contributed by atoms with Crippen molar-refractivity contribution in [3.8, 4) is 0 Å². The number of carbonyl (C=O) groups is 2. The van der Waals surface area contributed by atoms with Crippen molar-refractivity contribution in [2.24, 2.45) is 5.92 Å². The zero-order valence-electron chi connectivity index (χ0n) is 10.4. The second-order valence-electron chi connectivity index (χ2n) is 4.18. The lowest BCUT2D eigenvalue weighted by atomic mass is 9.84. The van der Waals surface area contributed by atoms with Crippen molar-refractivity contribution in [1.29, 1.82) is 0 Å². The first-order valence-electron chi connectivity index (χ1n) is 5.82. The van der Waals surface area contributed by atoms with Crippen LogP contribution in [-0.4, -0.2) is 25.0 Å². The molecule has 1 N–H and O–H groups in total. The average Bonchev–Trinajstić information content (AvgIpc) is 2.30. The van der Waals surface area contributed by atoms with Crippen molar-refractivity contribution in [3.63, 3.8) is 0 Å². The SMILES string of the molecule is C=C(CNC(=O)OCC)[C@H]1CC=C(C)C(=O)C1. The standard InChI is InChI=1S/C13H19NO3/c1-4-17-13(16)14-8-10(3)11-6-5-9(2)12(15)7-11/h5,11H,3-4,6-8H2,1-2H3,(H,14,16)/t11-/m0/s1. The van der Waals surface area contributed by atoms with Gasteiger partial charge < -0.3 is 10.1 Å².